The fraction of sp³-hybridized carbons (Fsp3) is 0.533. The van der Waals surface area contributed by atoms with Crippen molar-refractivity contribution in [2.75, 3.05) is 23.9 Å². The van der Waals surface area contributed by atoms with Gasteiger partial charge in [-0.2, -0.15) is 0 Å². The Labute approximate surface area is 125 Å². The van der Waals surface area contributed by atoms with Crippen LogP contribution in [0.5, 0.6) is 5.75 Å². The first-order valence-corrected chi connectivity index (χ1v) is 7.88. The van der Waals surface area contributed by atoms with Crippen molar-refractivity contribution in [2.45, 2.75) is 32.4 Å². The van der Waals surface area contributed by atoms with Crippen LogP contribution in [0.1, 0.15) is 27.2 Å². The van der Waals surface area contributed by atoms with Gasteiger partial charge in [-0.25, -0.2) is 0 Å². The Morgan fingerprint density at radius 1 is 1.45 bits per heavy atom. The van der Waals surface area contributed by atoms with Crippen LogP contribution in [-0.4, -0.2) is 24.0 Å². The second-order valence-corrected chi connectivity index (χ2v) is 6.31. The minimum atomic E-state index is -0.102. The second kappa shape index (κ2) is 8.04. The number of thioether (sulfide) groups is 1. The van der Waals surface area contributed by atoms with E-state index in [0.717, 1.165) is 12.2 Å². The van der Waals surface area contributed by atoms with E-state index in [4.69, 9.17) is 10.5 Å². The zero-order chi connectivity index (χ0) is 15.1. The fourth-order valence-electron chi connectivity index (χ4n) is 1.56. The molecule has 2 unspecified atom stereocenters. The van der Waals surface area contributed by atoms with Crippen molar-refractivity contribution in [3.05, 3.63) is 18.2 Å². The molecule has 20 heavy (non-hydrogen) atoms. The average Bonchev–Trinajstić information content (AvgIpc) is 2.44. The number of nitrogen functional groups attached to an aromatic ring is 1. The van der Waals surface area contributed by atoms with Crippen molar-refractivity contribution in [2.24, 2.45) is 5.92 Å². The summed E-state index contributed by atoms with van der Waals surface area (Å²) in [7, 11) is 1.57. The smallest absolute Gasteiger partial charge is 0.237 e. The van der Waals surface area contributed by atoms with Crippen molar-refractivity contribution in [3.8, 4) is 5.75 Å². The molecule has 112 valence electrons. The van der Waals surface area contributed by atoms with Gasteiger partial charge in [-0.15, -0.1) is 11.8 Å². The van der Waals surface area contributed by atoms with E-state index in [1.54, 1.807) is 37.1 Å². The molecule has 0 aliphatic carbocycles. The Hall–Kier alpha value is -1.36. The summed E-state index contributed by atoms with van der Waals surface area (Å²) < 4.78 is 5.22. The lowest BCUT2D eigenvalue weighted by Crippen LogP contribution is -2.23. The topological polar surface area (TPSA) is 64.4 Å². The molecule has 0 spiro atoms. The van der Waals surface area contributed by atoms with Crippen molar-refractivity contribution < 1.29 is 9.53 Å². The summed E-state index contributed by atoms with van der Waals surface area (Å²) in [6, 6.07) is 5.21. The van der Waals surface area contributed by atoms with Crippen molar-refractivity contribution in [1.29, 1.82) is 0 Å². The summed E-state index contributed by atoms with van der Waals surface area (Å²) in [4.78, 5) is 12.2. The molecule has 1 rings (SSSR count). The zero-order valence-corrected chi connectivity index (χ0v) is 13.4. The summed E-state index contributed by atoms with van der Waals surface area (Å²) in [6.07, 6.45) is 1.13. The number of anilines is 2. The van der Waals surface area contributed by atoms with E-state index < -0.39 is 0 Å². The van der Waals surface area contributed by atoms with Crippen LogP contribution in [0.4, 0.5) is 11.4 Å². The molecule has 1 aromatic rings. The predicted octanol–water partition coefficient (Wildman–Crippen LogP) is 3.38. The highest BCUT2D eigenvalue weighted by molar-refractivity contribution is 8.00. The highest BCUT2D eigenvalue weighted by Gasteiger charge is 2.16. The number of amides is 1. The third-order valence-electron chi connectivity index (χ3n) is 3.18. The monoisotopic (exact) mass is 296 g/mol. The highest BCUT2D eigenvalue weighted by Crippen LogP contribution is 2.27. The first-order valence-electron chi connectivity index (χ1n) is 6.83. The predicted molar refractivity (Wildman–Crippen MR) is 87.4 cm³/mol. The molecule has 0 aliphatic rings. The van der Waals surface area contributed by atoms with Gasteiger partial charge >= 0.3 is 0 Å². The van der Waals surface area contributed by atoms with Crippen LogP contribution >= 0.6 is 11.8 Å². The number of benzene rings is 1. The number of hydrogen-bond donors (Lipinski definition) is 2. The molecule has 0 aliphatic heterocycles. The Morgan fingerprint density at radius 3 is 2.75 bits per heavy atom. The van der Waals surface area contributed by atoms with Gasteiger partial charge in [0.2, 0.25) is 5.91 Å². The molecule has 0 radical (unpaired) electrons. The highest BCUT2D eigenvalue weighted by atomic mass is 32.2. The Balaban J connectivity index is 2.63. The number of methoxy groups -OCH3 is 1. The van der Waals surface area contributed by atoms with Crippen LogP contribution in [0.25, 0.3) is 0 Å². The van der Waals surface area contributed by atoms with E-state index in [-0.39, 0.29) is 11.2 Å². The van der Waals surface area contributed by atoms with Crippen molar-refractivity contribution >= 4 is 29.0 Å². The van der Waals surface area contributed by atoms with Gasteiger partial charge in [0.1, 0.15) is 5.75 Å². The molecule has 0 fully saturated rings. The van der Waals surface area contributed by atoms with E-state index in [9.17, 15) is 4.79 Å². The molecular weight excluding hydrogens is 272 g/mol. The maximum atomic E-state index is 12.2. The molecule has 0 saturated carbocycles. The van der Waals surface area contributed by atoms with E-state index >= 15 is 0 Å². The number of nitrogens with one attached hydrogen (secondary N) is 1. The molecule has 5 heteroatoms. The molecule has 1 aromatic carbocycles. The SMILES string of the molecule is CCC(C)CSC(C)C(=O)Nc1cc(N)ccc1OC. The number of hydrogen-bond acceptors (Lipinski definition) is 4. The first kappa shape index (κ1) is 16.7. The molecule has 1 amide bonds. The molecule has 0 saturated heterocycles. The van der Waals surface area contributed by atoms with Crippen molar-refractivity contribution in [3.63, 3.8) is 0 Å². The normalized spacial score (nSPS) is 13.6. The minimum Gasteiger partial charge on any atom is -0.495 e. The number of ether oxygens (including phenoxy) is 1. The first-order chi connectivity index (χ1) is 9.47. The molecule has 3 N–H and O–H groups in total. The summed E-state index contributed by atoms with van der Waals surface area (Å²) in [5, 5.41) is 2.78. The molecule has 2 atom stereocenters. The van der Waals surface area contributed by atoms with Crippen LogP contribution < -0.4 is 15.8 Å². The Kier molecular flexibility index (Phi) is 6.71. The molecule has 0 bridgehead atoms. The van der Waals surface area contributed by atoms with Crippen LogP contribution in [0.3, 0.4) is 0 Å². The molecule has 0 aromatic heterocycles. The Morgan fingerprint density at radius 2 is 2.15 bits per heavy atom. The quantitative estimate of drug-likeness (QED) is 0.757. The maximum absolute atomic E-state index is 12.2. The number of nitrogens with two attached hydrogens (primary N) is 1. The standard InChI is InChI=1S/C15H24N2O2S/c1-5-10(2)9-20-11(3)15(18)17-13-8-12(16)6-7-14(13)19-4/h6-8,10-11H,5,9,16H2,1-4H3,(H,17,18). The van der Waals surface area contributed by atoms with Gasteiger partial charge in [-0.3, -0.25) is 4.79 Å². The van der Waals surface area contributed by atoms with Crippen LogP contribution in [-0.2, 0) is 4.79 Å². The molecule has 4 nitrogen and oxygen atoms in total. The van der Waals surface area contributed by atoms with Gasteiger partial charge < -0.3 is 15.8 Å². The van der Waals surface area contributed by atoms with Gasteiger partial charge in [0.15, 0.2) is 0 Å². The van der Waals surface area contributed by atoms with Crippen molar-refractivity contribution in [1.82, 2.24) is 0 Å². The summed E-state index contributed by atoms with van der Waals surface area (Å²) in [6.45, 7) is 6.27. The van der Waals surface area contributed by atoms with Crippen LogP contribution in [0.2, 0.25) is 0 Å². The van der Waals surface area contributed by atoms with Gasteiger partial charge in [-0.05, 0) is 36.8 Å². The third kappa shape index (κ3) is 4.96. The van der Waals surface area contributed by atoms with Gasteiger partial charge in [0.05, 0.1) is 18.0 Å². The lowest BCUT2D eigenvalue weighted by atomic mass is 10.2. The molecule has 0 heterocycles. The number of carbonyl (C=O) groups is 1. The maximum Gasteiger partial charge on any atom is 0.237 e. The largest absolute Gasteiger partial charge is 0.495 e. The van der Waals surface area contributed by atoms with Crippen LogP contribution in [0.15, 0.2) is 18.2 Å². The van der Waals surface area contributed by atoms with Gasteiger partial charge in [-0.1, -0.05) is 20.3 Å². The average molecular weight is 296 g/mol. The number of carbonyl (C=O) groups excluding carboxylic acids is 1. The Bertz CT molecular complexity index is 451. The summed E-state index contributed by atoms with van der Waals surface area (Å²) in [5.74, 6) is 2.20. The van der Waals surface area contributed by atoms with Gasteiger partial charge in [0.25, 0.3) is 0 Å². The van der Waals surface area contributed by atoms with E-state index in [0.29, 0.717) is 23.0 Å². The number of rotatable bonds is 7. The lowest BCUT2D eigenvalue weighted by molar-refractivity contribution is -0.115. The minimum absolute atomic E-state index is 0.0257. The fourth-order valence-corrected chi connectivity index (χ4v) is 2.62. The summed E-state index contributed by atoms with van der Waals surface area (Å²) >= 11 is 1.67. The van der Waals surface area contributed by atoms with E-state index in [1.807, 2.05) is 6.92 Å². The lowest BCUT2D eigenvalue weighted by Gasteiger charge is -2.16. The van der Waals surface area contributed by atoms with E-state index in [1.165, 1.54) is 0 Å². The summed E-state index contributed by atoms with van der Waals surface area (Å²) in [5.41, 5.74) is 6.96. The van der Waals surface area contributed by atoms with Crippen LogP contribution in [0, 0.1) is 5.92 Å². The second-order valence-electron chi connectivity index (χ2n) is 4.94. The van der Waals surface area contributed by atoms with Gasteiger partial charge in [0, 0.05) is 5.69 Å². The third-order valence-corrected chi connectivity index (χ3v) is 4.65. The molecular formula is C15H24N2O2S. The zero-order valence-electron chi connectivity index (χ0n) is 12.6. The van der Waals surface area contributed by atoms with E-state index in [2.05, 4.69) is 19.2 Å².